The fourth-order valence-corrected chi connectivity index (χ4v) is 0.827. The van der Waals surface area contributed by atoms with Gasteiger partial charge in [0.15, 0.2) is 0 Å². The Labute approximate surface area is 71.0 Å². The molecule has 0 atom stereocenters. The van der Waals surface area contributed by atoms with E-state index < -0.39 is 0 Å². The first-order valence-electron chi connectivity index (χ1n) is 3.60. The van der Waals surface area contributed by atoms with Crippen LogP contribution in [-0.4, -0.2) is 0 Å². The molecule has 0 spiro atoms. The van der Waals surface area contributed by atoms with Crippen molar-refractivity contribution in [3.8, 4) is 0 Å². The molecule has 0 N–H and O–H groups in total. The highest BCUT2D eigenvalue weighted by Crippen LogP contribution is 2.04. The molecule has 0 aliphatic heterocycles. The minimum atomic E-state index is 1.04. The van der Waals surface area contributed by atoms with E-state index in [1.165, 1.54) is 11.8 Å². The lowest BCUT2D eigenvalue weighted by molar-refractivity contribution is 1.45. The van der Waals surface area contributed by atoms with Gasteiger partial charge in [-0.3, -0.25) is 0 Å². The highest BCUT2D eigenvalue weighted by molar-refractivity contribution is 5.49. The minimum absolute atomic E-state index is 1.04. The van der Waals surface area contributed by atoms with Crippen molar-refractivity contribution in [3.05, 3.63) is 52.0 Å². The standard InChI is InChI=1S/C9H9N3/c1-8-2-4-9(5-3-8)6-7-11-12-10/h2-7H,1H3/b7-6-. The molecule has 1 aromatic rings. The third-order valence-corrected chi connectivity index (χ3v) is 1.46. The van der Waals surface area contributed by atoms with Crippen LogP contribution in [0.1, 0.15) is 11.1 Å². The van der Waals surface area contributed by atoms with Crippen LogP contribution in [0.15, 0.2) is 35.6 Å². The van der Waals surface area contributed by atoms with E-state index in [-0.39, 0.29) is 0 Å². The van der Waals surface area contributed by atoms with Crippen molar-refractivity contribution in [2.24, 2.45) is 5.11 Å². The van der Waals surface area contributed by atoms with E-state index in [1.807, 2.05) is 31.2 Å². The third kappa shape index (κ3) is 2.48. The van der Waals surface area contributed by atoms with Gasteiger partial charge in [0.1, 0.15) is 0 Å². The van der Waals surface area contributed by atoms with Gasteiger partial charge in [-0.25, -0.2) is 0 Å². The fraction of sp³-hybridized carbons (Fsp3) is 0.111. The number of azide groups is 1. The molecule has 1 rings (SSSR count). The van der Waals surface area contributed by atoms with Gasteiger partial charge in [0, 0.05) is 11.1 Å². The molecule has 0 unspecified atom stereocenters. The van der Waals surface area contributed by atoms with Crippen molar-refractivity contribution in [1.82, 2.24) is 0 Å². The smallest absolute Gasteiger partial charge is 0.00475 e. The zero-order valence-corrected chi connectivity index (χ0v) is 6.81. The van der Waals surface area contributed by atoms with Crippen LogP contribution in [0, 0.1) is 6.92 Å². The van der Waals surface area contributed by atoms with Gasteiger partial charge in [-0.15, -0.1) is 0 Å². The summed E-state index contributed by atoms with van der Waals surface area (Å²) in [5, 5.41) is 3.29. The van der Waals surface area contributed by atoms with Crippen LogP contribution in [-0.2, 0) is 0 Å². The van der Waals surface area contributed by atoms with Gasteiger partial charge in [-0.2, -0.15) is 0 Å². The van der Waals surface area contributed by atoms with Crippen molar-refractivity contribution in [2.75, 3.05) is 0 Å². The van der Waals surface area contributed by atoms with Crippen LogP contribution in [0.4, 0.5) is 0 Å². The molecule has 0 fully saturated rings. The number of nitrogens with zero attached hydrogens (tertiary/aromatic N) is 3. The normalized spacial score (nSPS) is 9.75. The van der Waals surface area contributed by atoms with Crippen LogP contribution in [0.2, 0.25) is 0 Å². The average molecular weight is 159 g/mol. The van der Waals surface area contributed by atoms with Gasteiger partial charge < -0.3 is 0 Å². The first kappa shape index (κ1) is 8.37. The van der Waals surface area contributed by atoms with E-state index in [9.17, 15) is 0 Å². The van der Waals surface area contributed by atoms with Crippen LogP contribution in [0.5, 0.6) is 0 Å². The van der Waals surface area contributed by atoms with E-state index in [0.717, 1.165) is 5.56 Å². The zero-order chi connectivity index (χ0) is 8.81. The molecule has 12 heavy (non-hydrogen) atoms. The molecular weight excluding hydrogens is 150 g/mol. The summed E-state index contributed by atoms with van der Waals surface area (Å²) >= 11 is 0. The fourth-order valence-electron chi connectivity index (χ4n) is 0.827. The van der Waals surface area contributed by atoms with E-state index in [0.29, 0.717) is 0 Å². The second-order valence-electron chi connectivity index (χ2n) is 2.43. The number of aryl methyl sites for hydroxylation is 1. The van der Waals surface area contributed by atoms with Crippen LogP contribution in [0.25, 0.3) is 16.5 Å². The number of rotatable bonds is 2. The lowest BCUT2D eigenvalue weighted by Crippen LogP contribution is -1.72. The summed E-state index contributed by atoms with van der Waals surface area (Å²) in [6.45, 7) is 2.03. The van der Waals surface area contributed by atoms with Crippen molar-refractivity contribution >= 4 is 6.08 Å². The van der Waals surface area contributed by atoms with Gasteiger partial charge in [-0.1, -0.05) is 41.0 Å². The summed E-state index contributed by atoms with van der Waals surface area (Å²) in [5.41, 5.74) is 10.2. The molecule has 0 aromatic heterocycles. The SMILES string of the molecule is Cc1ccc(/C=C\N=[N+]=[N-])cc1. The summed E-state index contributed by atoms with van der Waals surface area (Å²) in [5.74, 6) is 0. The number of hydrogen-bond donors (Lipinski definition) is 0. The Morgan fingerprint density at radius 1 is 1.33 bits per heavy atom. The van der Waals surface area contributed by atoms with Crippen molar-refractivity contribution in [1.29, 1.82) is 0 Å². The molecule has 0 aliphatic carbocycles. The summed E-state index contributed by atoms with van der Waals surface area (Å²) in [7, 11) is 0. The van der Waals surface area contributed by atoms with Gasteiger partial charge in [0.25, 0.3) is 0 Å². The summed E-state index contributed by atoms with van der Waals surface area (Å²) in [6.07, 6.45) is 3.20. The Hall–Kier alpha value is -1.73. The molecule has 0 aliphatic rings. The van der Waals surface area contributed by atoms with E-state index in [4.69, 9.17) is 5.53 Å². The predicted molar refractivity (Wildman–Crippen MR) is 49.4 cm³/mol. The molecule has 3 nitrogen and oxygen atoms in total. The van der Waals surface area contributed by atoms with E-state index in [1.54, 1.807) is 6.08 Å². The maximum absolute atomic E-state index is 8.00. The molecule has 0 radical (unpaired) electrons. The predicted octanol–water partition coefficient (Wildman–Crippen LogP) is 3.28. The molecule has 0 bridgehead atoms. The summed E-state index contributed by atoms with van der Waals surface area (Å²) in [6, 6.07) is 7.96. The Kier molecular flexibility index (Phi) is 2.94. The number of hydrogen-bond acceptors (Lipinski definition) is 1. The van der Waals surface area contributed by atoms with E-state index >= 15 is 0 Å². The molecule has 0 amide bonds. The third-order valence-electron chi connectivity index (χ3n) is 1.46. The van der Waals surface area contributed by atoms with Gasteiger partial charge >= 0.3 is 0 Å². The molecule has 0 saturated heterocycles. The maximum Gasteiger partial charge on any atom is 0.00475 e. The molecule has 0 heterocycles. The molecule has 3 heteroatoms. The Balaban J connectivity index is 2.77. The highest BCUT2D eigenvalue weighted by atomic mass is 15.1. The average Bonchev–Trinajstić information content (AvgIpc) is 2.09. The van der Waals surface area contributed by atoms with Gasteiger partial charge in [0.05, 0.1) is 0 Å². The Morgan fingerprint density at radius 3 is 2.58 bits per heavy atom. The quantitative estimate of drug-likeness (QED) is 0.361. The summed E-state index contributed by atoms with van der Waals surface area (Å²) in [4.78, 5) is 2.61. The molecule has 0 saturated carbocycles. The highest BCUT2D eigenvalue weighted by Gasteiger charge is 1.84. The van der Waals surface area contributed by atoms with Crippen molar-refractivity contribution in [3.63, 3.8) is 0 Å². The largest absolute Gasteiger partial charge is 0.0686 e. The first-order chi connectivity index (χ1) is 5.83. The van der Waals surface area contributed by atoms with Gasteiger partial charge in [0.2, 0.25) is 0 Å². The van der Waals surface area contributed by atoms with Crippen LogP contribution in [0.3, 0.4) is 0 Å². The minimum Gasteiger partial charge on any atom is -0.0686 e. The van der Waals surface area contributed by atoms with E-state index in [2.05, 4.69) is 10.0 Å². The van der Waals surface area contributed by atoms with Crippen LogP contribution < -0.4 is 0 Å². The lowest BCUT2D eigenvalue weighted by Gasteiger charge is -1.92. The Bertz CT molecular complexity index is 318. The molecule has 1 aromatic carbocycles. The van der Waals surface area contributed by atoms with Gasteiger partial charge in [-0.05, 0) is 18.0 Å². The molecular formula is C9H9N3. The van der Waals surface area contributed by atoms with Crippen LogP contribution >= 0.6 is 0 Å². The lowest BCUT2D eigenvalue weighted by atomic mass is 10.1. The topological polar surface area (TPSA) is 48.8 Å². The second-order valence-corrected chi connectivity index (χ2v) is 2.43. The number of benzene rings is 1. The van der Waals surface area contributed by atoms with Crippen molar-refractivity contribution in [2.45, 2.75) is 6.92 Å². The Morgan fingerprint density at radius 2 is 2.00 bits per heavy atom. The first-order valence-corrected chi connectivity index (χ1v) is 3.60. The maximum atomic E-state index is 8.00. The monoisotopic (exact) mass is 159 g/mol. The second kappa shape index (κ2) is 4.21. The summed E-state index contributed by atoms with van der Waals surface area (Å²) < 4.78 is 0. The molecule has 60 valence electrons. The zero-order valence-electron chi connectivity index (χ0n) is 6.81. The van der Waals surface area contributed by atoms with Crippen molar-refractivity contribution < 1.29 is 0 Å².